The van der Waals surface area contributed by atoms with Crippen LogP contribution in [0.2, 0.25) is 0 Å². The maximum Gasteiger partial charge on any atom is 0.269 e. The van der Waals surface area contributed by atoms with E-state index in [0.29, 0.717) is 20.8 Å². The highest BCUT2D eigenvalue weighted by Crippen LogP contribution is 2.28. The number of hydrogen-bond donors (Lipinski definition) is 1. The molecule has 0 saturated heterocycles. The van der Waals surface area contributed by atoms with E-state index in [9.17, 15) is 19.5 Å². The van der Waals surface area contributed by atoms with Crippen molar-refractivity contribution in [2.75, 3.05) is 5.32 Å². The summed E-state index contributed by atoms with van der Waals surface area (Å²) in [5, 5.41) is 14.0. The predicted octanol–water partition coefficient (Wildman–Crippen LogP) is 4.59. The van der Waals surface area contributed by atoms with Crippen molar-refractivity contribution in [3.63, 3.8) is 0 Å². The predicted molar refractivity (Wildman–Crippen MR) is 108 cm³/mol. The molecule has 1 N–H and O–H groups in total. The lowest BCUT2D eigenvalue weighted by Gasteiger charge is -2.13. The molecule has 0 spiro atoms. The Kier molecular flexibility index (Phi) is 6.08. The quantitative estimate of drug-likeness (QED) is 0.360. The van der Waals surface area contributed by atoms with Gasteiger partial charge in [0.15, 0.2) is 14.9 Å². The van der Waals surface area contributed by atoms with Crippen LogP contribution < -0.4 is 5.32 Å². The summed E-state index contributed by atoms with van der Waals surface area (Å²) in [6.07, 6.45) is 1.73. The number of rotatable bonds is 6. The molecule has 1 amide bonds. The highest BCUT2D eigenvalue weighted by atomic mass is 32.2. The second-order valence-corrected chi connectivity index (χ2v) is 8.70. The summed E-state index contributed by atoms with van der Waals surface area (Å²) in [6.45, 7) is 4.09. The first-order valence-electron chi connectivity index (χ1n) is 8.39. The van der Waals surface area contributed by atoms with Crippen molar-refractivity contribution in [2.24, 2.45) is 0 Å². The molecule has 3 aromatic rings. The molecule has 1 aromatic heterocycles. The second kappa shape index (κ2) is 8.51. The summed E-state index contributed by atoms with van der Waals surface area (Å²) in [4.78, 5) is 29.0. The number of nitrogens with one attached hydrogen (secondary N) is 1. The van der Waals surface area contributed by atoms with Gasteiger partial charge in [-0.05, 0) is 18.1 Å². The molecule has 1 unspecified atom stereocenters. The first-order chi connectivity index (χ1) is 13.4. The van der Waals surface area contributed by atoms with Crippen molar-refractivity contribution in [1.29, 1.82) is 0 Å². The first-order valence-corrected chi connectivity index (χ1v) is 10.4. The fourth-order valence-corrected chi connectivity index (χ4v) is 4.42. The average molecular weight is 415 g/mol. The van der Waals surface area contributed by atoms with Crippen molar-refractivity contribution < 1.29 is 14.3 Å². The van der Waals surface area contributed by atoms with Gasteiger partial charge in [-0.1, -0.05) is 26.0 Å². The van der Waals surface area contributed by atoms with E-state index in [1.165, 1.54) is 35.6 Å². The molecule has 2 aromatic carbocycles. The van der Waals surface area contributed by atoms with Gasteiger partial charge in [0.05, 0.1) is 10.5 Å². The van der Waals surface area contributed by atoms with Crippen molar-refractivity contribution >= 4 is 39.2 Å². The molecule has 28 heavy (non-hydrogen) atoms. The second-order valence-electron chi connectivity index (χ2n) is 6.19. The molecule has 1 atom stereocenters. The molecule has 1 heterocycles. The third-order valence-electron chi connectivity index (χ3n) is 3.91. The number of carbonyl (C=O) groups is 1. The van der Waals surface area contributed by atoms with Crippen LogP contribution in [-0.2, 0) is 11.2 Å². The molecular weight excluding hydrogens is 398 g/mol. The van der Waals surface area contributed by atoms with Gasteiger partial charge in [0.1, 0.15) is 0 Å². The van der Waals surface area contributed by atoms with Crippen LogP contribution in [0.25, 0.3) is 0 Å². The fraction of sp³-hybridized carbons (Fsp3) is 0.158. The van der Waals surface area contributed by atoms with Crippen LogP contribution in [0.3, 0.4) is 0 Å². The van der Waals surface area contributed by atoms with Crippen LogP contribution in [-0.4, -0.2) is 20.4 Å². The van der Waals surface area contributed by atoms with Gasteiger partial charge in [-0.25, -0.2) is 4.98 Å². The Morgan fingerprint density at radius 3 is 2.46 bits per heavy atom. The molecule has 0 aliphatic carbocycles. The van der Waals surface area contributed by atoms with Crippen molar-refractivity contribution in [3.8, 4) is 0 Å². The molecule has 0 bridgehead atoms. The van der Waals surface area contributed by atoms with Crippen molar-refractivity contribution in [1.82, 2.24) is 4.98 Å². The summed E-state index contributed by atoms with van der Waals surface area (Å²) >= 11 is -0.265. The summed E-state index contributed by atoms with van der Waals surface area (Å²) in [5.41, 5.74) is 0.178. The fourth-order valence-electron chi connectivity index (χ4n) is 2.41. The Bertz CT molecular complexity index is 1000. The van der Waals surface area contributed by atoms with E-state index in [0.717, 1.165) is 4.88 Å². The Hall–Kier alpha value is -2.75. The van der Waals surface area contributed by atoms with Gasteiger partial charge in [0, 0.05) is 46.5 Å². The van der Waals surface area contributed by atoms with E-state index in [-0.39, 0.29) is 11.3 Å². The Morgan fingerprint density at radius 1 is 1.18 bits per heavy atom. The number of anilines is 1. The van der Waals surface area contributed by atoms with Gasteiger partial charge in [0.2, 0.25) is 0 Å². The van der Waals surface area contributed by atoms with Gasteiger partial charge in [-0.2, -0.15) is 0 Å². The number of nitrogens with zero attached hydrogens (tertiary/aromatic N) is 2. The summed E-state index contributed by atoms with van der Waals surface area (Å²) in [6, 6.07) is 12.0. The third kappa shape index (κ3) is 4.38. The number of carbonyl (C=O) groups excluding carboxylic acids is 1. The zero-order valence-corrected chi connectivity index (χ0v) is 16.8. The number of benzene rings is 2. The number of hydrogen-bond acceptors (Lipinski definition) is 6. The zero-order valence-electron chi connectivity index (χ0n) is 15.1. The van der Waals surface area contributed by atoms with Crippen LogP contribution in [0.15, 0.2) is 64.5 Å². The van der Waals surface area contributed by atoms with Gasteiger partial charge in [-0.15, -0.1) is 11.3 Å². The lowest BCUT2D eigenvalue weighted by Crippen LogP contribution is -2.16. The van der Waals surface area contributed by atoms with Gasteiger partial charge < -0.3 is 4.55 Å². The van der Waals surface area contributed by atoms with Crippen LogP contribution in [0, 0.1) is 10.1 Å². The molecule has 0 saturated carbocycles. The summed E-state index contributed by atoms with van der Waals surface area (Å²) < 4.78 is 12.9. The topological polar surface area (TPSA) is 108 Å². The van der Waals surface area contributed by atoms with Crippen molar-refractivity contribution in [2.45, 2.75) is 29.6 Å². The van der Waals surface area contributed by atoms with Crippen LogP contribution >= 0.6 is 11.3 Å². The average Bonchev–Trinajstić information content (AvgIpc) is 3.16. The van der Waals surface area contributed by atoms with Crippen LogP contribution in [0.5, 0.6) is 0 Å². The number of aromatic nitrogens is 1. The monoisotopic (exact) mass is 415 g/mol. The smallest absolute Gasteiger partial charge is 0.269 e. The zero-order chi connectivity index (χ0) is 20.3. The molecule has 0 fully saturated rings. The molecule has 3 rings (SSSR count). The van der Waals surface area contributed by atoms with Gasteiger partial charge >= 0.3 is 0 Å². The molecular formula is C19H17N3O4S2. The van der Waals surface area contributed by atoms with Crippen LogP contribution in [0.4, 0.5) is 10.8 Å². The molecule has 0 aliphatic rings. The number of amides is 1. The SMILES string of the molecule is CC(C)c1cnc(NC(=O)c2ccccc2[S+]([O-])c2ccc([N+](=O)[O-])cc2)s1. The minimum absolute atomic E-state index is 0.0866. The summed E-state index contributed by atoms with van der Waals surface area (Å²) in [7, 11) is 0. The number of non-ortho nitro benzene ring substituents is 1. The van der Waals surface area contributed by atoms with Gasteiger partial charge in [-0.3, -0.25) is 20.2 Å². The van der Waals surface area contributed by atoms with E-state index < -0.39 is 22.0 Å². The summed E-state index contributed by atoms with van der Waals surface area (Å²) in [5.74, 6) is -0.0967. The number of thiazole rings is 1. The van der Waals surface area contributed by atoms with E-state index in [2.05, 4.69) is 10.3 Å². The number of nitro groups is 1. The highest BCUT2D eigenvalue weighted by molar-refractivity contribution is 7.91. The minimum atomic E-state index is -1.66. The lowest BCUT2D eigenvalue weighted by atomic mass is 10.2. The highest BCUT2D eigenvalue weighted by Gasteiger charge is 2.24. The lowest BCUT2D eigenvalue weighted by molar-refractivity contribution is -0.384. The number of nitro benzene ring substituents is 1. The standard InChI is InChI=1S/C19H17N3O4S2/c1-12(2)16-11-20-19(27-16)21-18(23)15-5-3-4-6-17(15)28(26)14-9-7-13(8-10-14)22(24)25/h3-12H,1-2H3,(H,20,21,23). The normalized spacial score (nSPS) is 12.0. The Labute approximate surface area is 168 Å². The Morgan fingerprint density at radius 2 is 1.86 bits per heavy atom. The molecule has 0 aliphatic heterocycles. The molecule has 144 valence electrons. The van der Waals surface area contributed by atoms with E-state index >= 15 is 0 Å². The van der Waals surface area contributed by atoms with E-state index in [1.807, 2.05) is 13.8 Å². The molecule has 7 nitrogen and oxygen atoms in total. The minimum Gasteiger partial charge on any atom is -0.606 e. The van der Waals surface area contributed by atoms with Crippen LogP contribution in [0.1, 0.15) is 35.0 Å². The first kappa shape index (κ1) is 20.0. The largest absolute Gasteiger partial charge is 0.606 e. The maximum atomic E-state index is 12.9. The van der Waals surface area contributed by atoms with Crippen molar-refractivity contribution in [3.05, 3.63) is 75.3 Å². The van der Waals surface area contributed by atoms with E-state index in [1.54, 1.807) is 30.5 Å². The molecule has 0 radical (unpaired) electrons. The third-order valence-corrected chi connectivity index (χ3v) is 6.58. The Balaban J connectivity index is 1.85. The maximum absolute atomic E-state index is 12.9. The molecule has 9 heteroatoms. The van der Waals surface area contributed by atoms with Gasteiger partial charge in [0.25, 0.3) is 11.6 Å². The van der Waals surface area contributed by atoms with E-state index in [4.69, 9.17) is 0 Å².